The number of ether oxygens (including phenoxy) is 1. The van der Waals surface area contributed by atoms with E-state index in [9.17, 15) is 14.7 Å². The molecule has 0 bridgehead atoms. The Balaban J connectivity index is 2.40. The molecule has 0 radical (unpaired) electrons. The molecule has 1 aromatic rings. The molecule has 0 aromatic heterocycles. The maximum absolute atomic E-state index is 12.2. The number of carboxylic acid groups (broad SMARTS) is 1. The molecule has 0 saturated heterocycles. The predicted octanol–water partition coefficient (Wildman–Crippen LogP) is 0.406. The second-order valence-corrected chi connectivity index (χ2v) is 5.11. The van der Waals surface area contributed by atoms with E-state index in [1.807, 2.05) is 0 Å². The van der Waals surface area contributed by atoms with Crippen molar-refractivity contribution in [2.45, 2.75) is 19.9 Å². The second-order valence-electron chi connectivity index (χ2n) is 4.70. The number of hydrogen-bond donors (Lipinski definition) is 2. The zero-order valence-corrected chi connectivity index (χ0v) is 13.0. The molecule has 0 saturated carbocycles. The minimum Gasteiger partial charge on any atom is -0.545 e. The molecule has 0 fully saturated rings. The van der Waals surface area contributed by atoms with Gasteiger partial charge in [-0.25, -0.2) is 4.79 Å². The maximum atomic E-state index is 12.2. The van der Waals surface area contributed by atoms with Gasteiger partial charge in [0.05, 0.1) is 24.2 Å². The van der Waals surface area contributed by atoms with E-state index >= 15 is 0 Å². The highest BCUT2D eigenvalue weighted by Gasteiger charge is 2.30. The number of thiocarbonyl (C=S) groups is 1. The molecule has 116 valence electrons. The molecule has 0 unspecified atom stereocenters. The van der Waals surface area contributed by atoms with Crippen molar-refractivity contribution >= 4 is 29.3 Å². The Morgan fingerprint density at radius 2 is 1.95 bits per heavy atom. The van der Waals surface area contributed by atoms with E-state index in [4.69, 9.17) is 17.0 Å². The van der Waals surface area contributed by atoms with E-state index in [-0.39, 0.29) is 12.2 Å². The second kappa shape index (κ2) is 6.57. The quantitative estimate of drug-likeness (QED) is 0.613. The van der Waals surface area contributed by atoms with Crippen LogP contribution in [0.2, 0.25) is 0 Å². The van der Waals surface area contributed by atoms with Gasteiger partial charge >= 0.3 is 5.97 Å². The van der Waals surface area contributed by atoms with E-state index < -0.39 is 18.0 Å². The lowest BCUT2D eigenvalue weighted by atomic mass is 9.95. The molecule has 1 atom stereocenters. The normalized spacial score (nSPS) is 17.5. The molecule has 1 aliphatic rings. The molecule has 1 aliphatic heterocycles. The lowest BCUT2D eigenvalue weighted by Crippen LogP contribution is -2.45. The van der Waals surface area contributed by atoms with Crippen LogP contribution < -0.4 is 15.7 Å². The molecule has 0 amide bonds. The van der Waals surface area contributed by atoms with Crippen molar-refractivity contribution in [3.05, 3.63) is 46.7 Å². The van der Waals surface area contributed by atoms with E-state index in [0.717, 1.165) is 0 Å². The lowest BCUT2D eigenvalue weighted by molar-refractivity contribution is -0.255. The third-order valence-electron chi connectivity index (χ3n) is 3.24. The van der Waals surface area contributed by atoms with Crippen LogP contribution in [0.15, 0.2) is 35.5 Å². The summed E-state index contributed by atoms with van der Waals surface area (Å²) < 4.78 is 5.08. The van der Waals surface area contributed by atoms with E-state index in [1.165, 1.54) is 12.1 Å². The highest BCUT2D eigenvalue weighted by atomic mass is 32.1. The number of esters is 1. The van der Waals surface area contributed by atoms with Gasteiger partial charge in [0.25, 0.3) is 0 Å². The molecule has 6 nitrogen and oxygen atoms in total. The zero-order chi connectivity index (χ0) is 16.3. The Kier molecular flexibility index (Phi) is 4.77. The number of aromatic carboxylic acids is 1. The fraction of sp³-hybridized carbons (Fsp3) is 0.267. The van der Waals surface area contributed by atoms with Gasteiger partial charge in [0.15, 0.2) is 5.11 Å². The Morgan fingerprint density at radius 3 is 2.50 bits per heavy atom. The fourth-order valence-electron chi connectivity index (χ4n) is 2.23. The third-order valence-corrected chi connectivity index (χ3v) is 3.46. The molecule has 2 N–H and O–H groups in total. The molecular weight excluding hydrogens is 304 g/mol. The first-order valence-electron chi connectivity index (χ1n) is 6.70. The Labute approximate surface area is 133 Å². The van der Waals surface area contributed by atoms with E-state index in [1.54, 1.807) is 26.0 Å². The van der Waals surface area contributed by atoms with Crippen LogP contribution in [-0.4, -0.2) is 23.7 Å². The number of carbonyl (C=O) groups is 2. The van der Waals surface area contributed by atoms with Crippen molar-refractivity contribution < 1.29 is 19.4 Å². The van der Waals surface area contributed by atoms with Crippen LogP contribution in [0, 0.1) is 0 Å². The first-order valence-corrected chi connectivity index (χ1v) is 7.11. The van der Waals surface area contributed by atoms with Crippen LogP contribution in [0.5, 0.6) is 0 Å². The molecule has 22 heavy (non-hydrogen) atoms. The number of carbonyl (C=O) groups excluding carboxylic acids is 2. The predicted molar refractivity (Wildman–Crippen MR) is 81.7 cm³/mol. The fourth-order valence-corrected chi connectivity index (χ4v) is 2.51. The molecule has 0 aliphatic carbocycles. The van der Waals surface area contributed by atoms with Gasteiger partial charge in [0, 0.05) is 5.70 Å². The first kappa shape index (κ1) is 16.0. The van der Waals surface area contributed by atoms with Crippen LogP contribution in [0.4, 0.5) is 0 Å². The standard InChI is InChI=1S/C15H16N2O4S/c1-3-21-14(20)11-8(2)16-15(22)17-12(11)9-4-6-10(7-5-9)13(18)19/h4-7,12H,3H2,1-2H3,(H,18,19)(H2,16,17,22)/p-1/t12-/m0/s1. The van der Waals surface area contributed by atoms with Gasteiger partial charge in [-0.2, -0.15) is 0 Å². The van der Waals surface area contributed by atoms with Gasteiger partial charge in [0.2, 0.25) is 0 Å². The minimum atomic E-state index is -1.25. The Hall–Kier alpha value is -2.41. The van der Waals surface area contributed by atoms with E-state index in [0.29, 0.717) is 21.9 Å². The van der Waals surface area contributed by atoms with Crippen LogP contribution in [0.3, 0.4) is 0 Å². The summed E-state index contributed by atoms with van der Waals surface area (Å²) in [6.07, 6.45) is 0. The molecule has 1 aromatic carbocycles. The van der Waals surface area contributed by atoms with Gasteiger partial charge in [-0.1, -0.05) is 24.3 Å². The summed E-state index contributed by atoms with van der Waals surface area (Å²) in [5, 5.41) is 17.1. The van der Waals surface area contributed by atoms with Crippen molar-refractivity contribution in [1.29, 1.82) is 0 Å². The molecule has 1 heterocycles. The first-order chi connectivity index (χ1) is 10.4. The van der Waals surface area contributed by atoms with Crippen molar-refractivity contribution in [3.8, 4) is 0 Å². The average molecular weight is 319 g/mol. The summed E-state index contributed by atoms with van der Waals surface area (Å²) in [7, 11) is 0. The number of hydrogen-bond acceptors (Lipinski definition) is 5. The van der Waals surface area contributed by atoms with Crippen LogP contribution >= 0.6 is 12.2 Å². The summed E-state index contributed by atoms with van der Waals surface area (Å²) in [6.45, 7) is 3.73. The van der Waals surface area contributed by atoms with Crippen LogP contribution in [0.25, 0.3) is 0 Å². The highest BCUT2D eigenvalue weighted by Crippen LogP contribution is 2.27. The average Bonchev–Trinajstić information content (AvgIpc) is 2.46. The van der Waals surface area contributed by atoms with Crippen LogP contribution in [-0.2, 0) is 9.53 Å². The minimum absolute atomic E-state index is 0.0682. The number of allylic oxidation sites excluding steroid dienone is 1. The van der Waals surface area contributed by atoms with Crippen molar-refractivity contribution in [2.75, 3.05) is 6.61 Å². The number of carboxylic acids is 1. The van der Waals surface area contributed by atoms with Crippen molar-refractivity contribution in [3.63, 3.8) is 0 Å². The summed E-state index contributed by atoms with van der Waals surface area (Å²) in [5.41, 5.74) is 1.79. The largest absolute Gasteiger partial charge is 0.545 e. The highest BCUT2D eigenvalue weighted by molar-refractivity contribution is 7.80. The van der Waals surface area contributed by atoms with Crippen molar-refractivity contribution in [1.82, 2.24) is 10.6 Å². The lowest BCUT2D eigenvalue weighted by Gasteiger charge is -2.29. The summed E-state index contributed by atoms with van der Waals surface area (Å²) >= 11 is 5.12. The van der Waals surface area contributed by atoms with Crippen LogP contribution in [0.1, 0.15) is 35.8 Å². The van der Waals surface area contributed by atoms with Crippen molar-refractivity contribution in [2.24, 2.45) is 0 Å². The van der Waals surface area contributed by atoms with Gasteiger partial charge in [-0.3, -0.25) is 0 Å². The molecule has 7 heteroatoms. The van der Waals surface area contributed by atoms with Gasteiger partial charge in [-0.15, -0.1) is 0 Å². The Morgan fingerprint density at radius 1 is 1.32 bits per heavy atom. The number of nitrogens with one attached hydrogen (secondary N) is 2. The van der Waals surface area contributed by atoms with Gasteiger partial charge < -0.3 is 25.3 Å². The number of rotatable bonds is 4. The summed E-state index contributed by atoms with van der Waals surface area (Å²) in [5.74, 6) is -1.70. The summed E-state index contributed by atoms with van der Waals surface area (Å²) in [4.78, 5) is 23.0. The Bertz CT molecular complexity index is 652. The third kappa shape index (κ3) is 3.25. The topological polar surface area (TPSA) is 90.5 Å². The van der Waals surface area contributed by atoms with Gasteiger partial charge in [0.1, 0.15) is 0 Å². The smallest absolute Gasteiger partial charge is 0.338 e. The molecule has 0 spiro atoms. The van der Waals surface area contributed by atoms with E-state index in [2.05, 4.69) is 10.6 Å². The maximum Gasteiger partial charge on any atom is 0.338 e. The molecule has 2 rings (SSSR count). The number of benzene rings is 1. The zero-order valence-electron chi connectivity index (χ0n) is 12.1. The monoisotopic (exact) mass is 319 g/mol. The van der Waals surface area contributed by atoms with Gasteiger partial charge in [-0.05, 0) is 37.2 Å². The SMILES string of the molecule is CCOC(=O)C1=C(C)NC(=S)N[C@H]1c1ccc(C(=O)[O-])cc1. The molecular formula is C15H15N2O4S-. The summed E-state index contributed by atoms with van der Waals surface area (Å²) in [6, 6.07) is 5.58.